The third-order valence-corrected chi connectivity index (χ3v) is 15.7. The van der Waals surface area contributed by atoms with Crippen LogP contribution in [0.5, 0.6) is 0 Å². The fourth-order valence-corrected chi connectivity index (χ4v) is 11.3. The molecule has 3 aromatic rings. The van der Waals surface area contributed by atoms with E-state index in [1.54, 1.807) is 11.1 Å². The maximum Gasteiger partial charge on any atom is 0.416 e. The fourth-order valence-electron chi connectivity index (χ4n) is 11.3. The normalized spacial score (nSPS) is 27.8. The van der Waals surface area contributed by atoms with Gasteiger partial charge in [-0.25, -0.2) is 9.97 Å². The van der Waals surface area contributed by atoms with Gasteiger partial charge in [-0.3, -0.25) is 29.5 Å². The Morgan fingerprint density at radius 1 is 0.944 bits per heavy atom. The van der Waals surface area contributed by atoms with Crippen molar-refractivity contribution in [2.24, 2.45) is 17.8 Å². The number of fused-ring (bicyclic) bond motifs is 1. The van der Waals surface area contributed by atoms with E-state index in [9.17, 15) is 32.3 Å². The van der Waals surface area contributed by atoms with Crippen LogP contribution in [0.15, 0.2) is 49.1 Å². The molecule has 5 heterocycles. The molecule has 0 radical (unpaired) electrons. The van der Waals surface area contributed by atoms with Gasteiger partial charge in [0.2, 0.25) is 23.6 Å². The Labute approximate surface area is 420 Å². The summed E-state index contributed by atoms with van der Waals surface area (Å²) in [4.78, 5) is 71.1. The number of anilines is 1. The van der Waals surface area contributed by atoms with Crippen molar-refractivity contribution in [2.75, 3.05) is 65.5 Å². The number of epoxide rings is 1. The molecule has 3 aliphatic heterocycles. The summed E-state index contributed by atoms with van der Waals surface area (Å²) in [6.45, 7) is 8.03. The molecule has 72 heavy (non-hydrogen) atoms. The second kappa shape index (κ2) is 24.3. The molecule has 394 valence electrons. The van der Waals surface area contributed by atoms with Gasteiger partial charge < -0.3 is 44.9 Å². The van der Waals surface area contributed by atoms with Crippen LogP contribution in [0, 0.1) is 17.8 Å². The molecule has 8 rings (SSSR count). The van der Waals surface area contributed by atoms with Crippen LogP contribution in [0.4, 0.5) is 19.0 Å². The van der Waals surface area contributed by atoms with Gasteiger partial charge in [-0.05, 0) is 120 Å². The van der Waals surface area contributed by atoms with Crippen molar-refractivity contribution in [2.45, 2.75) is 146 Å². The third kappa shape index (κ3) is 13.6. The maximum atomic E-state index is 14.0. The molecule has 17 nitrogen and oxygen atoms in total. The molecule has 4 N–H and O–H groups in total. The predicted octanol–water partition coefficient (Wildman–Crippen LogP) is 5.46. The van der Waals surface area contributed by atoms with Crippen LogP contribution < -0.4 is 21.3 Å². The summed E-state index contributed by atoms with van der Waals surface area (Å²) in [5.41, 5.74) is 0.539. The molecule has 8 atom stereocenters. The van der Waals surface area contributed by atoms with E-state index in [1.807, 2.05) is 30.3 Å². The van der Waals surface area contributed by atoms with Gasteiger partial charge in [-0.1, -0.05) is 6.07 Å². The molecule has 3 saturated heterocycles. The molecule has 2 saturated carbocycles. The Morgan fingerprint density at radius 3 is 2.43 bits per heavy atom. The van der Waals surface area contributed by atoms with Crippen molar-refractivity contribution in [3.05, 3.63) is 60.2 Å². The maximum absolute atomic E-state index is 14.0. The second-order valence-electron chi connectivity index (χ2n) is 20.8. The second-order valence-corrected chi connectivity index (χ2v) is 20.8. The molecule has 20 heteroatoms. The summed E-state index contributed by atoms with van der Waals surface area (Å²) in [6, 6.07) is 6.33. The molecule has 5 aliphatic rings. The summed E-state index contributed by atoms with van der Waals surface area (Å²) in [5.74, 6) is 0.856. The lowest BCUT2D eigenvalue weighted by Crippen LogP contribution is -2.58. The minimum atomic E-state index is -4.55. The van der Waals surface area contributed by atoms with Gasteiger partial charge in [-0.15, -0.1) is 0 Å². The van der Waals surface area contributed by atoms with Crippen LogP contribution in [0.3, 0.4) is 0 Å². The molecule has 5 fully saturated rings. The van der Waals surface area contributed by atoms with Crippen molar-refractivity contribution in [1.29, 1.82) is 0 Å². The minimum Gasteiger partial charge on any atom is -0.381 e. The first-order valence-electron chi connectivity index (χ1n) is 26.0. The summed E-state index contributed by atoms with van der Waals surface area (Å²) < 4.78 is 58.7. The van der Waals surface area contributed by atoms with Crippen LogP contribution in [0.2, 0.25) is 0 Å². The Morgan fingerprint density at radius 2 is 1.71 bits per heavy atom. The van der Waals surface area contributed by atoms with Crippen molar-refractivity contribution < 1.29 is 46.6 Å². The number of hydrogen-bond acceptors (Lipinski definition) is 13. The Kier molecular flexibility index (Phi) is 18.0. The minimum absolute atomic E-state index is 0.00773. The number of ether oxygens (including phenoxy) is 3. The fraction of sp³-hybridized carbons (Fsp3) is 0.673. The molecule has 2 aromatic heterocycles. The van der Waals surface area contributed by atoms with Crippen molar-refractivity contribution in [3.8, 4) is 0 Å². The van der Waals surface area contributed by atoms with E-state index in [0.717, 1.165) is 56.4 Å². The number of alkyl halides is 3. The Hall–Kier alpha value is -5.02. The lowest BCUT2D eigenvalue weighted by atomic mass is 9.83. The number of rotatable bonds is 23. The number of hydrogen-bond donors (Lipinski definition) is 4. The number of halogens is 3. The zero-order valence-corrected chi connectivity index (χ0v) is 42.1. The summed E-state index contributed by atoms with van der Waals surface area (Å²) >= 11 is 0. The molecular weight excluding hydrogens is 934 g/mol. The van der Waals surface area contributed by atoms with Gasteiger partial charge in [0.1, 0.15) is 30.5 Å². The first kappa shape index (κ1) is 53.3. The summed E-state index contributed by atoms with van der Waals surface area (Å²) in [7, 11) is 3.92. The number of amides is 4. The molecule has 0 spiro atoms. The Bertz CT molecular complexity index is 2310. The first-order chi connectivity index (χ1) is 34.6. The van der Waals surface area contributed by atoms with E-state index >= 15 is 0 Å². The number of carbonyl (C=O) groups is 4. The highest BCUT2D eigenvalue weighted by Gasteiger charge is 2.53. The smallest absolute Gasteiger partial charge is 0.381 e. The van der Waals surface area contributed by atoms with E-state index in [0.29, 0.717) is 88.8 Å². The summed E-state index contributed by atoms with van der Waals surface area (Å²) in [5, 5.41) is 12.8. The molecule has 0 bridgehead atoms. The van der Waals surface area contributed by atoms with Crippen LogP contribution in [0.1, 0.15) is 108 Å². The number of nitrogens with zero attached hydrogens (tertiary/aromatic N) is 6. The van der Waals surface area contributed by atoms with Gasteiger partial charge in [0.25, 0.3) is 0 Å². The largest absolute Gasteiger partial charge is 0.416 e. The van der Waals surface area contributed by atoms with Crippen molar-refractivity contribution >= 4 is 40.3 Å². The third-order valence-electron chi connectivity index (χ3n) is 15.7. The highest BCUT2D eigenvalue weighted by molar-refractivity contribution is 5.93. The lowest BCUT2D eigenvalue weighted by Gasteiger charge is -2.44. The Balaban J connectivity index is 0.685. The number of benzene rings is 1. The standard InChI is InChI=1S/C52H73F3N10O7/c1-32(2)63(3)37-14-16-43(65-22-18-41(51(65)69)62-49-38-25-36(52(53,54)55)13-15-40(38)59-31-60-49)42(26-37)61-45(67)17-20-57-44(66)8-6-23-70-29-33-9-11-34(12-10-33)30-71-24-21-58-50-48(72-50)39-27-46(68)64(4)47(39)35-7-5-19-56-28-35/h5,7,13,15,19,25,28,31-34,37,39,41-43,47-48,50,58H,6,8-12,14,16-18,20-24,26-27,29-30H2,1-4H3,(H,57,66)(H,61,67)(H,59,60,62)/t33?,34?,37-,39+,41+,42-,43+,47-,48?,50?/m1/s1. The zero-order chi connectivity index (χ0) is 50.9. The van der Waals surface area contributed by atoms with Gasteiger partial charge in [0.05, 0.1) is 35.8 Å². The van der Waals surface area contributed by atoms with Crippen LogP contribution >= 0.6 is 0 Å². The SMILES string of the molecule is CC(C)N(C)[C@@H]1CC[C@H](N2CC[C@H](Nc3ncnc4ccc(C(F)(F)F)cc34)C2=O)[C@H](NC(=O)CCNC(=O)CCCOCC2CCC(COCCNC3OC3[C@H]3CC(=O)N(C)[C@@H]3c3cccnc3)CC2)C1. The average molecular weight is 1010 g/mol. The number of likely N-dealkylation sites (tertiary alicyclic amines) is 2. The number of pyridine rings is 1. The van der Waals surface area contributed by atoms with Crippen molar-refractivity contribution in [1.82, 2.24) is 45.6 Å². The number of nitrogens with one attached hydrogen (secondary N) is 4. The number of carbonyl (C=O) groups excluding carboxylic acids is 4. The van der Waals surface area contributed by atoms with Gasteiger partial charge in [0, 0.05) is 102 Å². The lowest BCUT2D eigenvalue weighted by molar-refractivity contribution is -0.137. The van der Waals surface area contributed by atoms with Crippen LogP contribution in [-0.2, 0) is 39.6 Å². The van der Waals surface area contributed by atoms with Gasteiger partial charge >= 0.3 is 6.18 Å². The summed E-state index contributed by atoms with van der Waals surface area (Å²) in [6.07, 6.45) is 8.58. The molecule has 1 aromatic carbocycles. The monoisotopic (exact) mass is 1010 g/mol. The van der Waals surface area contributed by atoms with E-state index in [4.69, 9.17) is 14.2 Å². The highest BCUT2D eigenvalue weighted by atomic mass is 19.4. The molecule has 2 aliphatic carbocycles. The van der Waals surface area contributed by atoms with E-state index in [-0.39, 0.29) is 96.3 Å². The zero-order valence-electron chi connectivity index (χ0n) is 42.1. The molecule has 2 unspecified atom stereocenters. The van der Waals surface area contributed by atoms with E-state index in [2.05, 4.69) is 62.0 Å². The quantitative estimate of drug-likeness (QED) is 0.0692. The highest BCUT2D eigenvalue weighted by Crippen LogP contribution is 2.45. The topological polar surface area (TPSA) is 196 Å². The first-order valence-corrected chi connectivity index (χ1v) is 26.0. The number of aromatic nitrogens is 3. The average Bonchev–Trinajstić information content (AvgIpc) is 3.96. The van der Waals surface area contributed by atoms with Crippen molar-refractivity contribution in [3.63, 3.8) is 0 Å². The van der Waals surface area contributed by atoms with Crippen LogP contribution in [0.25, 0.3) is 10.9 Å². The van der Waals surface area contributed by atoms with Crippen LogP contribution in [-0.4, -0.2) is 156 Å². The van der Waals surface area contributed by atoms with E-state index < -0.39 is 17.8 Å². The molecule has 4 amide bonds. The predicted molar refractivity (Wildman–Crippen MR) is 263 cm³/mol. The molecular formula is C52H73F3N10O7. The van der Waals surface area contributed by atoms with Gasteiger partial charge in [-0.2, -0.15) is 13.2 Å². The van der Waals surface area contributed by atoms with Gasteiger partial charge in [0.15, 0.2) is 0 Å². The van der Waals surface area contributed by atoms with E-state index in [1.165, 1.54) is 12.4 Å².